The lowest BCUT2D eigenvalue weighted by atomic mass is 10.1. The molecule has 0 radical (unpaired) electrons. The van der Waals surface area contributed by atoms with E-state index in [1.165, 1.54) is 9.80 Å². The Labute approximate surface area is 104 Å². The molecule has 2 amide bonds. The van der Waals surface area contributed by atoms with Crippen molar-refractivity contribution in [3.05, 3.63) is 35.4 Å². The number of nitrogens with two attached hydrogens (primary N) is 1. The van der Waals surface area contributed by atoms with E-state index >= 15 is 0 Å². The van der Waals surface area contributed by atoms with Crippen molar-refractivity contribution in [2.45, 2.75) is 6.04 Å². The lowest BCUT2D eigenvalue weighted by Gasteiger charge is -2.18. The molecule has 0 bridgehead atoms. The van der Waals surface area contributed by atoms with Crippen LogP contribution in [0.15, 0.2) is 18.2 Å². The maximum Gasteiger partial charge on any atom is 0.320 e. The first-order chi connectivity index (χ1) is 8.54. The zero-order valence-electron chi connectivity index (χ0n) is 10.1. The van der Waals surface area contributed by atoms with E-state index in [2.05, 4.69) is 0 Å². The van der Waals surface area contributed by atoms with E-state index in [1.54, 1.807) is 7.05 Å². The molecule has 1 fully saturated rings. The number of hydrogen-bond acceptors (Lipinski definition) is 2. The third kappa shape index (κ3) is 2.15. The molecule has 98 valence electrons. The van der Waals surface area contributed by atoms with Gasteiger partial charge < -0.3 is 15.5 Å². The number of benzene rings is 1. The predicted octanol–water partition coefficient (Wildman–Crippen LogP) is 1.33. The van der Waals surface area contributed by atoms with Gasteiger partial charge in [-0.05, 0) is 18.2 Å². The Morgan fingerprint density at radius 1 is 1.44 bits per heavy atom. The predicted molar refractivity (Wildman–Crippen MR) is 62.9 cm³/mol. The second-order valence-electron chi connectivity index (χ2n) is 4.31. The second-order valence-corrected chi connectivity index (χ2v) is 4.31. The molecule has 1 aromatic carbocycles. The maximum atomic E-state index is 13.7. The standard InChI is InChI=1S/C12H15F2N3O/c1-16-11(7-17(5-4-15)12(16)18)9-6-8(13)2-3-10(9)14/h2-3,6,11H,4-5,7,15H2,1H3. The summed E-state index contributed by atoms with van der Waals surface area (Å²) in [6.45, 7) is 1.08. The van der Waals surface area contributed by atoms with E-state index in [1.807, 2.05) is 0 Å². The number of urea groups is 1. The molecule has 1 atom stereocenters. The number of rotatable bonds is 3. The molecule has 18 heavy (non-hydrogen) atoms. The van der Waals surface area contributed by atoms with Crippen molar-refractivity contribution in [2.24, 2.45) is 5.73 Å². The first kappa shape index (κ1) is 12.8. The molecule has 2 N–H and O–H groups in total. The number of likely N-dealkylation sites (N-methyl/N-ethyl adjacent to an activating group) is 1. The Bertz CT molecular complexity index is 467. The molecular formula is C12H15F2N3O. The summed E-state index contributed by atoms with van der Waals surface area (Å²) in [4.78, 5) is 14.8. The molecule has 1 aliphatic heterocycles. The summed E-state index contributed by atoms with van der Waals surface area (Å²) in [7, 11) is 1.58. The number of carbonyl (C=O) groups is 1. The fourth-order valence-corrected chi connectivity index (χ4v) is 2.19. The SMILES string of the molecule is CN1C(=O)N(CCN)CC1c1cc(F)ccc1F. The van der Waals surface area contributed by atoms with Gasteiger partial charge in [0.25, 0.3) is 0 Å². The van der Waals surface area contributed by atoms with Gasteiger partial charge in [0.2, 0.25) is 0 Å². The molecule has 1 unspecified atom stereocenters. The van der Waals surface area contributed by atoms with Gasteiger partial charge in [-0.2, -0.15) is 0 Å². The summed E-state index contributed by atoms with van der Waals surface area (Å²) in [5.41, 5.74) is 5.61. The number of amides is 2. The second kappa shape index (κ2) is 4.89. The van der Waals surface area contributed by atoms with Crippen molar-refractivity contribution in [2.75, 3.05) is 26.7 Å². The Morgan fingerprint density at radius 3 is 2.83 bits per heavy atom. The molecule has 1 heterocycles. The topological polar surface area (TPSA) is 49.6 Å². The van der Waals surface area contributed by atoms with E-state index in [0.29, 0.717) is 19.6 Å². The van der Waals surface area contributed by atoms with E-state index in [9.17, 15) is 13.6 Å². The Kier molecular flexibility index (Phi) is 3.47. The van der Waals surface area contributed by atoms with Gasteiger partial charge >= 0.3 is 6.03 Å². The minimum atomic E-state index is -0.510. The van der Waals surface area contributed by atoms with Crippen molar-refractivity contribution < 1.29 is 13.6 Å². The van der Waals surface area contributed by atoms with Gasteiger partial charge in [-0.1, -0.05) is 0 Å². The van der Waals surface area contributed by atoms with Gasteiger partial charge in [0.1, 0.15) is 11.6 Å². The lowest BCUT2D eigenvalue weighted by molar-refractivity contribution is 0.196. The first-order valence-electron chi connectivity index (χ1n) is 5.71. The summed E-state index contributed by atoms with van der Waals surface area (Å²) in [6.07, 6.45) is 0. The molecule has 0 aliphatic carbocycles. The van der Waals surface area contributed by atoms with E-state index in [-0.39, 0.29) is 11.6 Å². The van der Waals surface area contributed by atoms with Crippen LogP contribution >= 0.6 is 0 Å². The molecule has 1 saturated heterocycles. The highest BCUT2D eigenvalue weighted by atomic mass is 19.1. The van der Waals surface area contributed by atoms with Gasteiger partial charge in [-0.3, -0.25) is 0 Å². The van der Waals surface area contributed by atoms with Crippen LogP contribution in [0.1, 0.15) is 11.6 Å². The molecule has 0 aromatic heterocycles. The highest BCUT2D eigenvalue weighted by Crippen LogP contribution is 2.29. The third-order valence-electron chi connectivity index (χ3n) is 3.15. The fraction of sp³-hybridized carbons (Fsp3) is 0.417. The quantitative estimate of drug-likeness (QED) is 0.886. The van der Waals surface area contributed by atoms with Crippen LogP contribution in [0.25, 0.3) is 0 Å². The molecule has 1 aliphatic rings. The van der Waals surface area contributed by atoms with Gasteiger partial charge in [0.05, 0.1) is 6.04 Å². The van der Waals surface area contributed by atoms with E-state index < -0.39 is 17.7 Å². The molecule has 0 spiro atoms. The molecule has 2 rings (SSSR count). The summed E-state index contributed by atoms with van der Waals surface area (Å²) in [5.74, 6) is -1.01. The largest absolute Gasteiger partial charge is 0.329 e. The van der Waals surface area contributed by atoms with Gasteiger partial charge in [0.15, 0.2) is 0 Å². The molecule has 4 nitrogen and oxygen atoms in total. The highest BCUT2D eigenvalue weighted by Gasteiger charge is 2.36. The molecule has 1 aromatic rings. The highest BCUT2D eigenvalue weighted by molar-refractivity contribution is 5.77. The van der Waals surface area contributed by atoms with Crippen LogP contribution in [-0.2, 0) is 0 Å². The first-order valence-corrected chi connectivity index (χ1v) is 5.71. The Morgan fingerprint density at radius 2 is 2.17 bits per heavy atom. The fourth-order valence-electron chi connectivity index (χ4n) is 2.19. The molecule has 6 heteroatoms. The normalized spacial score (nSPS) is 19.8. The van der Waals surface area contributed by atoms with Crippen molar-refractivity contribution in [1.29, 1.82) is 0 Å². The summed E-state index contributed by atoms with van der Waals surface area (Å²) >= 11 is 0. The number of halogens is 2. The van der Waals surface area contributed by atoms with Crippen molar-refractivity contribution >= 4 is 6.03 Å². The van der Waals surface area contributed by atoms with Gasteiger partial charge in [-0.15, -0.1) is 0 Å². The lowest BCUT2D eigenvalue weighted by Crippen LogP contribution is -2.33. The van der Waals surface area contributed by atoms with Crippen molar-refractivity contribution in [1.82, 2.24) is 9.80 Å². The van der Waals surface area contributed by atoms with Crippen molar-refractivity contribution in [3.8, 4) is 0 Å². The van der Waals surface area contributed by atoms with Crippen LogP contribution in [0.4, 0.5) is 13.6 Å². The van der Waals surface area contributed by atoms with Gasteiger partial charge in [0, 0.05) is 32.2 Å². The average Bonchev–Trinajstić information content (AvgIpc) is 2.61. The van der Waals surface area contributed by atoms with Crippen molar-refractivity contribution in [3.63, 3.8) is 0 Å². The van der Waals surface area contributed by atoms with Crippen LogP contribution in [0, 0.1) is 11.6 Å². The molecule has 0 saturated carbocycles. The van der Waals surface area contributed by atoms with Crippen LogP contribution in [0.2, 0.25) is 0 Å². The minimum Gasteiger partial charge on any atom is -0.329 e. The van der Waals surface area contributed by atoms with Crippen LogP contribution in [0.5, 0.6) is 0 Å². The van der Waals surface area contributed by atoms with E-state index in [4.69, 9.17) is 5.73 Å². The minimum absolute atomic E-state index is 0.199. The third-order valence-corrected chi connectivity index (χ3v) is 3.15. The summed E-state index contributed by atoms with van der Waals surface area (Å²) in [6, 6.07) is 2.59. The zero-order chi connectivity index (χ0) is 13.3. The number of nitrogens with zero attached hydrogens (tertiary/aromatic N) is 2. The molecular weight excluding hydrogens is 240 g/mol. The monoisotopic (exact) mass is 255 g/mol. The zero-order valence-corrected chi connectivity index (χ0v) is 10.1. The van der Waals surface area contributed by atoms with Crippen LogP contribution in [0.3, 0.4) is 0 Å². The van der Waals surface area contributed by atoms with Gasteiger partial charge in [-0.25, -0.2) is 13.6 Å². The summed E-state index contributed by atoms with van der Waals surface area (Å²) in [5, 5.41) is 0. The maximum absolute atomic E-state index is 13.7. The summed E-state index contributed by atoms with van der Waals surface area (Å²) < 4.78 is 26.9. The Balaban J connectivity index is 2.29. The van der Waals surface area contributed by atoms with Crippen LogP contribution in [-0.4, -0.2) is 42.5 Å². The Hall–Kier alpha value is -1.69. The number of carbonyl (C=O) groups excluding carboxylic acids is 1. The smallest absolute Gasteiger partial charge is 0.320 e. The number of hydrogen-bond donors (Lipinski definition) is 1. The average molecular weight is 255 g/mol. The van der Waals surface area contributed by atoms with Crippen LogP contribution < -0.4 is 5.73 Å². The van der Waals surface area contributed by atoms with E-state index in [0.717, 1.165) is 18.2 Å².